The molecular weight excluding hydrogens is 354 g/mol. The number of nitrogens with zero attached hydrogens (tertiary/aromatic N) is 1. The second-order valence-corrected chi connectivity index (χ2v) is 6.28. The molecule has 0 radical (unpaired) electrons. The molecule has 3 aromatic rings. The second kappa shape index (κ2) is 8.74. The number of benzene rings is 2. The zero-order chi connectivity index (χ0) is 19.9. The van der Waals surface area contributed by atoms with E-state index in [1.54, 1.807) is 30.5 Å². The molecule has 5 heteroatoms. The molecule has 28 heavy (non-hydrogen) atoms. The molecule has 5 nitrogen and oxygen atoms in total. The topological polar surface area (TPSA) is 68.5 Å². The van der Waals surface area contributed by atoms with E-state index >= 15 is 0 Å². The first kappa shape index (κ1) is 19.0. The Morgan fingerprint density at radius 1 is 1.07 bits per heavy atom. The van der Waals surface area contributed by atoms with Crippen molar-refractivity contribution in [1.29, 1.82) is 0 Å². The van der Waals surface area contributed by atoms with Crippen molar-refractivity contribution in [3.8, 4) is 17.6 Å². The summed E-state index contributed by atoms with van der Waals surface area (Å²) in [7, 11) is 0. The Labute approximate surface area is 163 Å². The van der Waals surface area contributed by atoms with Gasteiger partial charge in [-0.25, -0.2) is 4.79 Å². The second-order valence-electron chi connectivity index (χ2n) is 6.28. The fourth-order valence-electron chi connectivity index (χ4n) is 2.59. The highest BCUT2D eigenvalue weighted by Crippen LogP contribution is 2.13. The lowest BCUT2D eigenvalue weighted by atomic mass is 10.0. The monoisotopic (exact) mass is 373 g/mol. The summed E-state index contributed by atoms with van der Waals surface area (Å²) in [6.07, 6.45) is 3.60. The smallest absolute Gasteiger partial charge is 0.341 e. The van der Waals surface area contributed by atoms with Crippen molar-refractivity contribution in [2.45, 2.75) is 13.5 Å². The summed E-state index contributed by atoms with van der Waals surface area (Å²) in [4.78, 5) is 23.1. The Kier molecular flexibility index (Phi) is 5.93. The maximum absolute atomic E-state index is 12.5. The number of hydrogen-bond acceptors (Lipinski definition) is 3. The van der Waals surface area contributed by atoms with E-state index in [2.05, 4.69) is 11.8 Å². The van der Waals surface area contributed by atoms with Crippen LogP contribution >= 0.6 is 0 Å². The minimum absolute atomic E-state index is 0.0185. The molecule has 0 aliphatic heterocycles. The van der Waals surface area contributed by atoms with Gasteiger partial charge >= 0.3 is 5.97 Å². The van der Waals surface area contributed by atoms with Gasteiger partial charge in [-0.3, -0.25) is 4.79 Å². The molecule has 1 N–H and O–H groups in total. The summed E-state index contributed by atoms with van der Waals surface area (Å²) in [6.45, 7) is 2.02. The number of ketones is 1. The molecule has 0 fully saturated rings. The van der Waals surface area contributed by atoms with Crippen molar-refractivity contribution in [2.24, 2.45) is 0 Å². The van der Waals surface area contributed by atoms with Gasteiger partial charge < -0.3 is 14.4 Å². The number of ether oxygens (including phenoxy) is 1. The van der Waals surface area contributed by atoms with Gasteiger partial charge in [0.1, 0.15) is 5.75 Å². The summed E-state index contributed by atoms with van der Waals surface area (Å²) in [5.41, 5.74) is 3.12. The Bertz CT molecular complexity index is 1050. The third kappa shape index (κ3) is 5.12. The molecule has 0 spiro atoms. The van der Waals surface area contributed by atoms with Crippen LogP contribution in [-0.4, -0.2) is 28.0 Å². The van der Waals surface area contributed by atoms with E-state index in [0.29, 0.717) is 23.4 Å². The number of carbonyl (C=O) groups is 2. The van der Waals surface area contributed by atoms with Crippen LogP contribution in [0.2, 0.25) is 0 Å². The molecule has 1 heterocycles. The number of aryl methyl sites for hydroxylation is 1. The first-order valence-corrected chi connectivity index (χ1v) is 8.72. The van der Waals surface area contributed by atoms with Crippen LogP contribution in [0.1, 0.15) is 27.0 Å². The summed E-state index contributed by atoms with van der Waals surface area (Å²) in [6, 6.07) is 16.2. The van der Waals surface area contributed by atoms with Crippen LogP contribution in [-0.2, 0) is 11.3 Å². The highest BCUT2D eigenvalue weighted by atomic mass is 16.5. The predicted octanol–water partition coefficient (Wildman–Crippen LogP) is 3.54. The number of carboxylic acids is 1. The molecule has 0 aliphatic rings. The lowest BCUT2D eigenvalue weighted by Gasteiger charge is -2.02. The third-order valence-electron chi connectivity index (χ3n) is 4.02. The minimum Gasteiger partial charge on any atom is -0.482 e. The highest BCUT2D eigenvalue weighted by molar-refractivity contribution is 6.08. The van der Waals surface area contributed by atoms with Crippen LogP contribution in [0, 0.1) is 18.8 Å². The largest absolute Gasteiger partial charge is 0.482 e. The van der Waals surface area contributed by atoms with Crippen molar-refractivity contribution in [1.82, 2.24) is 4.57 Å². The molecule has 140 valence electrons. The first-order chi connectivity index (χ1) is 13.5. The van der Waals surface area contributed by atoms with Crippen molar-refractivity contribution < 1.29 is 19.4 Å². The van der Waals surface area contributed by atoms with Crippen LogP contribution in [0.4, 0.5) is 0 Å². The Morgan fingerprint density at radius 2 is 1.86 bits per heavy atom. The normalized spacial score (nSPS) is 10.0. The molecule has 0 bridgehead atoms. The maximum atomic E-state index is 12.5. The average Bonchev–Trinajstić information content (AvgIpc) is 3.16. The maximum Gasteiger partial charge on any atom is 0.341 e. The van der Waals surface area contributed by atoms with Gasteiger partial charge in [0.25, 0.3) is 0 Å². The first-order valence-electron chi connectivity index (χ1n) is 8.72. The molecular formula is C23H19NO4. The van der Waals surface area contributed by atoms with Crippen LogP contribution in [0.25, 0.3) is 0 Å². The van der Waals surface area contributed by atoms with Crippen LogP contribution in [0.3, 0.4) is 0 Å². The Morgan fingerprint density at radius 3 is 2.61 bits per heavy atom. The number of carboxylic acid groups (broad SMARTS) is 1. The van der Waals surface area contributed by atoms with Crippen molar-refractivity contribution in [2.75, 3.05) is 6.61 Å². The van der Waals surface area contributed by atoms with E-state index in [-0.39, 0.29) is 5.78 Å². The van der Waals surface area contributed by atoms with E-state index < -0.39 is 12.6 Å². The van der Waals surface area contributed by atoms with Crippen LogP contribution in [0.5, 0.6) is 5.75 Å². The van der Waals surface area contributed by atoms with E-state index in [1.807, 2.05) is 48.0 Å². The van der Waals surface area contributed by atoms with Crippen molar-refractivity contribution >= 4 is 11.8 Å². The zero-order valence-electron chi connectivity index (χ0n) is 15.4. The van der Waals surface area contributed by atoms with Gasteiger partial charge in [-0.15, -0.1) is 0 Å². The van der Waals surface area contributed by atoms with Gasteiger partial charge in [0, 0.05) is 29.1 Å². The molecule has 0 saturated heterocycles. The van der Waals surface area contributed by atoms with Crippen molar-refractivity contribution in [3.05, 3.63) is 89.2 Å². The Hall–Kier alpha value is -3.78. The SMILES string of the molecule is Cc1ccc(C(=O)c2ccn(CC#Cc3cccc(OCC(=O)O)c3)c2)cc1. The third-order valence-corrected chi connectivity index (χ3v) is 4.02. The molecule has 0 aliphatic carbocycles. The van der Waals surface area contributed by atoms with E-state index in [4.69, 9.17) is 9.84 Å². The number of carbonyl (C=O) groups excluding carboxylic acids is 1. The Balaban J connectivity index is 1.64. The standard InChI is InChI=1S/C23H19NO4/c1-17-7-9-19(10-8-17)23(27)20-11-13-24(15-20)12-3-5-18-4-2-6-21(14-18)28-16-22(25)26/h2,4,6-11,13-15H,12,16H2,1H3,(H,25,26). The van der Waals surface area contributed by atoms with Gasteiger partial charge in [-0.05, 0) is 31.2 Å². The lowest BCUT2D eigenvalue weighted by molar-refractivity contribution is -0.139. The fourth-order valence-corrected chi connectivity index (χ4v) is 2.59. The molecule has 2 aromatic carbocycles. The van der Waals surface area contributed by atoms with E-state index in [9.17, 15) is 9.59 Å². The summed E-state index contributed by atoms with van der Waals surface area (Å²) in [5.74, 6) is 5.47. The number of aromatic nitrogens is 1. The molecule has 0 saturated carbocycles. The van der Waals surface area contributed by atoms with E-state index in [1.165, 1.54) is 0 Å². The molecule has 1 aromatic heterocycles. The number of aliphatic carboxylic acids is 1. The predicted molar refractivity (Wildman–Crippen MR) is 105 cm³/mol. The van der Waals surface area contributed by atoms with Crippen LogP contribution < -0.4 is 4.74 Å². The van der Waals surface area contributed by atoms with Gasteiger partial charge in [0.05, 0.1) is 6.54 Å². The van der Waals surface area contributed by atoms with Gasteiger partial charge in [0.15, 0.2) is 12.4 Å². The van der Waals surface area contributed by atoms with Gasteiger partial charge in [-0.2, -0.15) is 0 Å². The highest BCUT2D eigenvalue weighted by Gasteiger charge is 2.09. The number of rotatable bonds is 6. The number of hydrogen-bond donors (Lipinski definition) is 1. The average molecular weight is 373 g/mol. The quantitative estimate of drug-likeness (QED) is 0.530. The van der Waals surface area contributed by atoms with Crippen molar-refractivity contribution in [3.63, 3.8) is 0 Å². The zero-order valence-corrected chi connectivity index (χ0v) is 15.4. The molecule has 0 amide bonds. The molecule has 0 atom stereocenters. The lowest BCUT2D eigenvalue weighted by Crippen LogP contribution is -2.09. The van der Waals surface area contributed by atoms with Crippen LogP contribution in [0.15, 0.2) is 67.0 Å². The van der Waals surface area contributed by atoms with E-state index in [0.717, 1.165) is 11.1 Å². The summed E-state index contributed by atoms with van der Waals surface area (Å²) >= 11 is 0. The molecule has 0 unspecified atom stereocenters. The van der Waals surface area contributed by atoms with Gasteiger partial charge in [-0.1, -0.05) is 47.7 Å². The fraction of sp³-hybridized carbons (Fsp3) is 0.130. The molecule has 3 rings (SSSR count). The summed E-state index contributed by atoms with van der Waals surface area (Å²) < 4.78 is 6.99. The van der Waals surface area contributed by atoms with Gasteiger partial charge in [0.2, 0.25) is 0 Å². The summed E-state index contributed by atoms with van der Waals surface area (Å²) in [5, 5.41) is 8.66. The minimum atomic E-state index is -1.03.